The molecule has 0 spiro atoms. The van der Waals surface area contributed by atoms with Crippen LogP contribution in [0.5, 0.6) is 0 Å². The van der Waals surface area contributed by atoms with Crippen LogP contribution in [-0.4, -0.2) is 73.4 Å². The standard InChI is InChI=1S/C34H37F3N4O6/c35-23-5-1-20(2-6-23)32(21-3-7-24(36)8-4-21)33(38)30(42)13-22-14-39-17-29(37)28(22)11-9-26-15-40-25(18-45-26)19-46-31(43)12-10-27-16-41-34(44)47-27/h1-8,14,17,25-27,32-33,40H,9-13,15-16,18-19,38H2,(H,41,44)/t25-,26+,27?,33+/m0/s1. The Balaban J connectivity index is 1.14. The van der Waals surface area contributed by atoms with Crippen LogP contribution < -0.4 is 16.4 Å². The summed E-state index contributed by atoms with van der Waals surface area (Å²) in [7, 11) is 0. The van der Waals surface area contributed by atoms with Gasteiger partial charge < -0.3 is 30.6 Å². The number of carbonyl (C=O) groups is 3. The van der Waals surface area contributed by atoms with Crippen molar-refractivity contribution in [3.05, 3.63) is 101 Å². The fourth-order valence-corrected chi connectivity index (χ4v) is 5.78. The van der Waals surface area contributed by atoms with Gasteiger partial charge >= 0.3 is 12.1 Å². The number of alkyl carbamates (subject to hydrolysis) is 1. The SMILES string of the molecule is N[C@H](C(=O)Cc1cncc(F)c1CC[C@@H]1CN[C@H](COC(=O)CCC2CNC(=O)O2)CO1)C(c1ccc(F)cc1)c1ccc(F)cc1. The number of rotatable bonds is 14. The molecule has 3 heterocycles. The van der Waals surface area contributed by atoms with Gasteiger partial charge in [0.15, 0.2) is 5.78 Å². The Bertz CT molecular complexity index is 1490. The maximum Gasteiger partial charge on any atom is 0.407 e. The number of amides is 1. The van der Waals surface area contributed by atoms with E-state index in [0.717, 1.165) is 6.20 Å². The lowest BCUT2D eigenvalue weighted by molar-refractivity contribution is -0.146. The van der Waals surface area contributed by atoms with Crippen molar-refractivity contribution in [3.8, 4) is 0 Å². The first-order valence-corrected chi connectivity index (χ1v) is 15.5. The van der Waals surface area contributed by atoms with E-state index in [-0.39, 0.29) is 56.5 Å². The zero-order valence-corrected chi connectivity index (χ0v) is 25.6. The van der Waals surface area contributed by atoms with Gasteiger partial charge in [-0.1, -0.05) is 24.3 Å². The number of nitrogens with one attached hydrogen (secondary N) is 2. The predicted octanol–water partition coefficient (Wildman–Crippen LogP) is 3.49. The number of carbonyl (C=O) groups excluding carboxylic acids is 3. The minimum Gasteiger partial charge on any atom is -0.464 e. The van der Waals surface area contributed by atoms with Crippen LogP contribution in [0.1, 0.15) is 47.4 Å². The van der Waals surface area contributed by atoms with Crippen molar-refractivity contribution in [2.45, 2.75) is 62.3 Å². The maximum atomic E-state index is 15.0. The van der Waals surface area contributed by atoms with Crippen LogP contribution in [0.2, 0.25) is 0 Å². The van der Waals surface area contributed by atoms with E-state index in [2.05, 4.69) is 15.6 Å². The number of hydrogen-bond donors (Lipinski definition) is 3. The number of nitrogens with two attached hydrogens (primary N) is 1. The third kappa shape index (κ3) is 9.37. The minimum absolute atomic E-state index is 0.122. The molecule has 250 valence electrons. The highest BCUT2D eigenvalue weighted by Crippen LogP contribution is 2.29. The average Bonchev–Trinajstić information content (AvgIpc) is 3.49. The summed E-state index contributed by atoms with van der Waals surface area (Å²) in [6, 6.07) is 9.92. The molecule has 2 aliphatic heterocycles. The van der Waals surface area contributed by atoms with Crippen LogP contribution in [0, 0.1) is 17.5 Å². The average molecular weight is 655 g/mol. The molecule has 10 nitrogen and oxygen atoms in total. The van der Waals surface area contributed by atoms with Gasteiger partial charge in [-0.15, -0.1) is 0 Å². The van der Waals surface area contributed by atoms with E-state index in [4.69, 9.17) is 19.9 Å². The Kier molecular flexibility index (Phi) is 11.6. The lowest BCUT2D eigenvalue weighted by Crippen LogP contribution is -2.49. The molecule has 47 heavy (non-hydrogen) atoms. The van der Waals surface area contributed by atoms with E-state index < -0.39 is 41.5 Å². The first-order valence-electron chi connectivity index (χ1n) is 15.5. The number of hydrogen-bond acceptors (Lipinski definition) is 9. The first kappa shape index (κ1) is 34.0. The number of esters is 1. The monoisotopic (exact) mass is 654 g/mol. The van der Waals surface area contributed by atoms with Crippen LogP contribution in [0.25, 0.3) is 0 Å². The number of aromatic nitrogens is 1. The molecule has 0 bridgehead atoms. The minimum atomic E-state index is -1.09. The van der Waals surface area contributed by atoms with Gasteiger partial charge in [0.2, 0.25) is 0 Å². The Morgan fingerprint density at radius 2 is 1.64 bits per heavy atom. The van der Waals surface area contributed by atoms with Gasteiger partial charge in [0.25, 0.3) is 0 Å². The molecule has 1 unspecified atom stereocenters. The van der Waals surface area contributed by atoms with Crippen molar-refractivity contribution in [1.29, 1.82) is 0 Å². The quantitative estimate of drug-likeness (QED) is 0.223. The lowest BCUT2D eigenvalue weighted by atomic mass is 9.82. The van der Waals surface area contributed by atoms with Gasteiger partial charge in [0.1, 0.15) is 30.2 Å². The summed E-state index contributed by atoms with van der Waals surface area (Å²) in [4.78, 5) is 40.7. The largest absolute Gasteiger partial charge is 0.464 e. The van der Waals surface area contributed by atoms with Gasteiger partial charge in [-0.3, -0.25) is 14.6 Å². The smallest absolute Gasteiger partial charge is 0.407 e. The third-order valence-electron chi connectivity index (χ3n) is 8.40. The Morgan fingerprint density at radius 1 is 0.957 bits per heavy atom. The van der Waals surface area contributed by atoms with E-state index in [9.17, 15) is 23.2 Å². The van der Waals surface area contributed by atoms with Crippen LogP contribution in [0.3, 0.4) is 0 Å². The fourth-order valence-electron chi connectivity index (χ4n) is 5.78. The number of morpholine rings is 1. The van der Waals surface area contributed by atoms with Gasteiger partial charge in [-0.25, -0.2) is 18.0 Å². The third-order valence-corrected chi connectivity index (χ3v) is 8.40. The molecule has 2 aliphatic rings. The maximum absolute atomic E-state index is 15.0. The number of ketones is 1. The van der Waals surface area contributed by atoms with E-state index >= 15 is 4.39 Å². The summed E-state index contributed by atoms with van der Waals surface area (Å²) in [6.45, 7) is 1.23. The topological polar surface area (TPSA) is 142 Å². The molecule has 4 N–H and O–H groups in total. The van der Waals surface area contributed by atoms with Gasteiger partial charge in [-0.2, -0.15) is 0 Å². The highest BCUT2D eigenvalue weighted by molar-refractivity contribution is 5.87. The van der Waals surface area contributed by atoms with E-state index in [0.29, 0.717) is 48.2 Å². The Hall–Kier alpha value is -4.33. The van der Waals surface area contributed by atoms with Crippen LogP contribution >= 0.6 is 0 Å². The molecule has 2 fully saturated rings. The van der Waals surface area contributed by atoms with Crippen molar-refractivity contribution in [3.63, 3.8) is 0 Å². The molecule has 3 aromatic rings. The molecule has 1 aromatic heterocycles. The fraction of sp³-hybridized carbons (Fsp3) is 0.412. The highest BCUT2D eigenvalue weighted by Gasteiger charge is 2.30. The molecule has 2 saturated heterocycles. The zero-order chi connectivity index (χ0) is 33.3. The molecule has 2 aromatic carbocycles. The molecule has 0 aliphatic carbocycles. The van der Waals surface area contributed by atoms with Crippen molar-refractivity contribution in [1.82, 2.24) is 15.6 Å². The summed E-state index contributed by atoms with van der Waals surface area (Å²) in [5.41, 5.74) is 8.41. The molecular weight excluding hydrogens is 617 g/mol. The summed E-state index contributed by atoms with van der Waals surface area (Å²) >= 11 is 0. The highest BCUT2D eigenvalue weighted by atomic mass is 19.1. The molecule has 0 saturated carbocycles. The number of nitrogens with zero attached hydrogens (tertiary/aromatic N) is 1. The Morgan fingerprint density at radius 3 is 2.23 bits per heavy atom. The summed E-state index contributed by atoms with van der Waals surface area (Å²) < 4.78 is 58.7. The number of cyclic esters (lactones) is 1. The molecule has 1 amide bonds. The van der Waals surface area contributed by atoms with Crippen LogP contribution in [-0.2, 0) is 36.6 Å². The van der Waals surface area contributed by atoms with E-state index in [1.165, 1.54) is 54.7 Å². The van der Waals surface area contributed by atoms with Crippen LogP contribution in [0.4, 0.5) is 18.0 Å². The van der Waals surface area contributed by atoms with E-state index in [1.807, 2.05) is 0 Å². The molecule has 4 atom stereocenters. The molecule has 13 heteroatoms. The van der Waals surface area contributed by atoms with Gasteiger partial charge in [-0.05, 0) is 65.8 Å². The number of halogens is 3. The molecule has 0 radical (unpaired) electrons. The van der Waals surface area contributed by atoms with Crippen molar-refractivity contribution >= 4 is 17.8 Å². The summed E-state index contributed by atoms with van der Waals surface area (Å²) in [6.07, 6.45) is 2.53. The van der Waals surface area contributed by atoms with Gasteiger partial charge in [0.05, 0.1) is 37.5 Å². The van der Waals surface area contributed by atoms with Crippen molar-refractivity contribution < 1.29 is 41.8 Å². The number of benzene rings is 2. The Labute approximate surface area is 270 Å². The number of pyridine rings is 1. The predicted molar refractivity (Wildman–Crippen MR) is 164 cm³/mol. The molecule has 5 rings (SSSR count). The van der Waals surface area contributed by atoms with Crippen molar-refractivity contribution in [2.24, 2.45) is 5.73 Å². The number of Topliss-reactive ketones (excluding diaryl/α,β-unsaturated/α-hetero) is 1. The zero-order valence-electron chi connectivity index (χ0n) is 25.6. The van der Waals surface area contributed by atoms with Crippen molar-refractivity contribution in [2.75, 3.05) is 26.3 Å². The number of ether oxygens (including phenoxy) is 3. The van der Waals surface area contributed by atoms with Crippen LogP contribution in [0.15, 0.2) is 60.9 Å². The second-order valence-electron chi connectivity index (χ2n) is 11.7. The second-order valence-corrected chi connectivity index (χ2v) is 11.7. The lowest BCUT2D eigenvalue weighted by Gasteiger charge is -2.30. The summed E-state index contributed by atoms with van der Waals surface area (Å²) in [5.74, 6) is -2.91. The second kappa shape index (κ2) is 16.0. The first-order chi connectivity index (χ1) is 22.7. The summed E-state index contributed by atoms with van der Waals surface area (Å²) in [5, 5.41) is 5.82. The van der Waals surface area contributed by atoms with Gasteiger partial charge in [0, 0.05) is 31.5 Å². The van der Waals surface area contributed by atoms with E-state index in [1.54, 1.807) is 0 Å². The normalized spacial score (nSPS) is 20.0. The molecular formula is C34H37F3N4O6.